The van der Waals surface area contributed by atoms with Gasteiger partial charge < -0.3 is 4.90 Å². The summed E-state index contributed by atoms with van der Waals surface area (Å²) in [4.78, 5) is 33.4. The van der Waals surface area contributed by atoms with Gasteiger partial charge in [-0.15, -0.1) is 22.7 Å². The molecule has 4 rings (SSSR count). The molecule has 1 aliphatic rings. The van der Waals surface area contributed by atoms with Crippen molar-refractivity contribution in [2.24, 2.45) is 7.05 Å². The van der Waals surface area contributed by atoms with Crippen LogP contribution in [0.1, 0.15) is 12.8 Å². The zero-order valence-corrected chi connectivity index (χ0v) is 16.2. The van der Waals surface area contributed by atoms with Crippen LogP contribution in [-0.2, 0) is 11.8 Å². The molecule has 1 fully saturated rings. The van der Waals surface area contributed by atoms with Gasteiger partial charge in [-0.25, -0.2) is 4.98 Å². The third-order valence-corrected chi connectivity index (χ3v) is 7.13. The molecule has 25 heavy (non-hydrogen) atoms. The number of rotatable bonds is 4. The minimum Gasteiger partial charge on any atom is -0.342 e. The Kier molecular flexibility index (Phi) is 4.66. The molecule has 0 atom stereocenters. The maximum atomic E-state index is 12.9. The van der Waals surface area contributed by atoms with Crippen LogP contribution in [0.4, 0.5) is 0 Å². The van der Waals surface area contributed by atoms with Crippen LogP contribution in [0.2, 0.25) is 0 Å². The molecule has 4 heterocycles. The first-order valence-electron chi connectivity index (χ1n) is 8.08. The molecule has 8 heteroatoms. The quantitative estimate of drug-likeness (QED) is 0.505. The van der Waals surface area contributed by atoms with Crippen molar-refractivity contribution >= 4 is 50.6 Å². The van der Waals surface area contributed by atoms with Crippen molar-refractivity contribution in [2.45, 2.75) is 18.0 Å². The van der Waals surface area contributed by atoms with E-state index in [9.17, 15) is 9.59 Å². The van der Waals surface area contributed by atoms with Crippen molar-refractivity contribution in [1.29, 1.82) is 0 Å². The lowest BCUT2D eigenvalue weighted by molar-refractivity contribution is -0.127. The summed E-state index contributed by atoms with van der Waals surface area (Å²) >= 11 is 4.45. The minimum atomic E-state index is -0.0502. The number of thioether (sulfide) groups is 1. The SMILES string of the molecule is Cn1c(SCC(=O)N2CCCC2)nc2scc(-c3cccs3)c2c1=O. The largest absolute Gasteiger partial charge is 0.342 e. The van der Waals surface area contributed by atoms with Crippen LogP contribution in [0.5, 0.6) is 0 Å². The molecule has 3 aromatic rings. The van der Waals surface area contributed by atoms with Gasteiger partial charge in [-0.2, -0.15) is 0 Å². The Labute approximate surface area is 157 Å². The highest BCUT2D eigenvalue weighted by Crippen LogP contribution is 2.34. The lowest BCUT2D eigenvalue weighted by atomic mass is 10.2. The van der Waals surface area contributed by atoms with Crippen molar-refractivity contribution in [2.75, 3.05) is 18.8 Å². The first-order valence-corrected chi connectivity index (χ1v) is 10.8. The Morgan fingerprint density at radius 1 is 1.32 bits per heavy atom. The molecule has 0 spiro atoms. The second-order valence-electron chi connectivity index (χ2n) is 5.94. The number of thiophene rings is 2. The number of carbonyl (C=O) groups is 1. The third-order valence-electron chi connectivity index (χ3n) is 4.34. The Hall–Kier alpha value is -1.64. The highest BCUT2D eigenvalue weighted by atomic mass is 32.2. The van der Waals surface area contributed by atoms with Crippen LogP contribution in [0.15, 0.2) is 32.8 Å². The van der Waals surface area contributed by atoms with Gasteiger partial charge in [-0.05, 0) is 24.3 Å². The molecule has 0 aliphatic carbocycles. The highest BCUT2D eigenvalue weighted by Gasteiger charge is 2.20. The molecular formula is C17H17N3O2S3. The van der Waals surface area contributed by atoms with Crippen molar-refractivity contribution in [1.82, 2.24) is 14.5 Å². The molecule has 0 bridgehead atoms. The van der Waals surface area contributed by atoms with E-state index in [4.69, 9.17) is 0 Å². The Bertz CT molecular complexity index is 969. The zero-order valence-electron chi connectivity index (χ0n) is 13.7. The number of nitrogens with zero attached hydrogens (tertiary/aromatic N) is 3. The summed E-state index contributed by atoms with van der Waals surface area (Å²) in [6, 6.07) is 4.00. The first kappa shape index (κ1) is 16.8. The van der Waals surface area contributed by atoms with Gasteiger partial charge in [0.1, 0.15) is 4.83 Å². The summed E-state index contributed by atoms with van der Waals surface area (Å²) in [7, 11) is 1.73. The van der Waals surface area contributed by atoms with Crippen LogP contribution in [0.25, 0.3) is 20.7 Å². The summed E-state index contributed by atoms with van der Waals surface area (Å²) in [5, 5.41) is 5.27. The maximum Gasteiger partial charge on any atom is 0.263 e. The number of likely N-dealkylation sites (tertiary alicyclic amines) is 1. The summed E-state index contributed by atoms with van der Waals surface area (Å²) in [5.41, 5.74) is 0.901. The van der Waals surface area contributed by atoms with Crippen LogP contribution in [0, 0.1) is 0 Å². The van der Waals surface area contributed by atoms with Crippen molar-refractivity contribution < 1.29 is 4.79 Å². The van der Waals surface area contributed by atoms with Crippen molar-refractivity contribution in [3.63, 3.8) is 0 Å². The molecule has 1 amide bonds. The number of carbonyl (C=O) groups excluding carboxylic acids is 1. The predicted molar refractivity (Wildman–Crippen MR) is 105 cm³/mol. The standard InChI is InChI=1S/C17H17N3O2S3/c1-19-16(22)14-11(12-5-4-8-23-12)9-24-15(14)18-17(19)25-10-13(21)20-6-2-3-7-20/h4-5,8-9H,2-3,6-7,10H2,1H3. The van der Waals surface area contributed by atoms with Gasteiger partial charge in [0.25, 0.3) is 5.56 Å². The van der Waals surface area contributed by atoms with Gasteiger partial charge in [-0.3, -0.25) is 14.2 Å². The van der Waals surface area contributed by atoms with Gasteiger partial charge in [-0.1, -0.05) is 17.8 Å². The van der Waals surface area contributed by atoms with Crippen LogP contribution in [0.3, 0.4) is 0 Å². The molecular weight excluding hydrogens is 374 g/mol. The van der Waals surface area contributed by atoms with E-state index in [1.165, 1.54) is 23.1 Å². The van der Waals surface area contributed by atoms with E-state index in [0.717, 1.165) is 41.2 Å². The first-order chi connectivity index (χ1) is 12.1. The summed E-state index contributed by atoms with van der Waals surface area (Å²) in [6.07, 6.45) is 2.17. The van der Waals surface area contributed by atoms with Crippen molar-refractivity contribution in [3.05, 3.63) is 33.2 Å². The van der Waals surface area contributed by atoms with E-state index in [2.05, 4.69) is 4.98 Å². The second kappa shape index (κ2) is 6.93. The lowest BCUT2D eigenvalue weighted by Gasteiger charge is -2.15. The Balaban J connectivity index is 1.64. The van der Waals surface area contributed by atoms with Gasteiger partial charge in [0.05, 0.1) is 11.1 Å². The molecule has 5 nitrogen and oxygen atoms in total. The van der Waals surface area contributed by atoms with Crippen molar-refractivity contribution in [3.8, 4) is 10.4 Å². The number of hydrogen-bond donors (Lipinski definition) is 0. The molecule has 3 aromatic heterocycles. The smallest absolute Gasteiger partial charge is 0.263 e. The summed E-state index contributed by atoms with van der Waals surface area (Å²) < 4.78 is 1.56. The van der Waals surface area contributed by atoms with E-state index < -0.39 is 0 Å². The van der Waals surface area contributed by atoms with Gasteiger partial charge in [0, 0.05) is 36.0 Å². The van der Waals surface area contributed by atoms with E-state index in [0.29, 0.717) is 16.3 Å². The van der Waals surface area contributed by atoms with Gasteiger partial charge in [0.2, 0.25) is 5.91 Å². The van der Waals surface area contributed by atoms with E-state index in [1.807, 2.05) is 27.8 Å². The molecule has 0 N–H and O–H groups in total. The average molecular weight is 392 g/mol. The van der Waals surface area contributed by atoms with E-state index in [1.54, 1.807) is 23.0 Å². The fourth-order valence-corrected chi connectivity index (χ4v) is 5.66. The fraction of sp³-hybridized carbons (Fsp3) is 0.353. The summed E-state index contributed by atoms with van der Waals surface area (Å²) in [5.74, 6) is 0.455. The average Bonchev–Trinajstić information content (AvgIpc) is 3.36. The third kappa shape index (κ3) is 3.14. The Morgan fingerprint density at radius 3 is 2.84 bits per heavy atom. The second-order valence-corrected chi connectivity index (χ2v) is 8.69. The Morgan fingerprint density at radius 2 is 2.12 bits per heavy atom. The molecule has 1 aliphatic heterocycles. The molecule has 0 radical (unpaired) electrons. The monoisotopic (exact) mass is 391 g/mol. The molecule has 1 saturated heterocycles. The maximum absolute atomic E-state index is 12.9. The molecule has 0 unspecified atom stereocenters. The van der Waals surface area contributed by atoms with Gasteiger partial charge in [0.15, 0.2) is 5.16 Å². The summed E-state index contributed by atoms with van der Waals surface area (Å²) in [6.45, 7) is 1.69. The molecule has 0 aromatic carbocycles. The van der Waals surface area contributed by atoms with Crippen LogP contribution in [-0.4, -0.2) is 39.2 Å². The topological polar surface area (TPSA) is 55.2 Å². The van der Waals surface area contributed by atoms with E-state index in [-0.39, 0.29) is 11.5 Å². The number of aromatic nitrogens is 2. The number of fused-ring (bicyclic) bond motifs is 1. The lowest BCUT2D eigenvalue weighted by Crippen LogP contribution is -2.29. The normalized spacial score (nSPS) is 14.5. The number of hydrogen-bond acceptors (Lipinski definition) is 6. The predicted octanol–water partition coefficient (Wildman–Crippen LogP) is 3.44. The van der Waals surface area contributed by atoms with Crippen LogP contribution < -0.4 is 5.56 Å². The number of amides is 1. The fourth-order valence-electron chi connectivity index (χ4n) is 2.98. The zero-order chi connectivity index (χ0) is 17.4. The minimum absolute atomic E-state index is 0.0502. The van der Waals surface area contributed by atoms with E-state index >= 15 is 0 Å². The van der Waals surface area contributed by atoms with Gasteiger partial charge >= 0.3 is 0 Å². The molecule has 130 valence electrons. The highest BCUT2D eigenvalue weighted by molar-refractivity contribution is 7.99. The molecule has 0 saturated carbocycles. The van der Waals surface area contributed by atoms with Crippen LogP contribution >= 0.6 is 34.4 Å².